The van der Waals surface area contributed by atoms with Gasteiger partial charge in [-0.15, -0.1) is 0 Å². The van der Waals surface area contributed by atoms with Crippen molar-refractivity contribution >= 4 is 18.4 Å². The molecule has 1 atom stereocenters. The predicted molar refractivity (Wildman–Crippen MR) is 61.3 cm³/mol. The van der Waals surface area contributed by atoms with Crippen LogP contribution in [0.2, 0.25) is 0 Å². The molecule has 0 spiro atoms. The van der Waals surface area contributed by atoms with Crippen LogP contribution in [0.3, 0.4) is 0 Å². The van der Waals surface area contributed by atoms with Crippen molar-refractivity contribution in [1.29, 1.82) is 0 Å². The fourth-order valence-corrected chi connectivity index (χ4v) is 1.50. The van der Waals surface area contributed by atoms with Crippen LogP contribution in [0, 0.1) is 11.8 Å². The van der Waals surface area contributed by atoms with Crippen molar-refractivity contribution < 1.29 is 9.59 Å². The molecule has 1 unspecified atom stereocenters. The number of fused-ring (bicyclic) bond motifs is 1. The molecule has 1 aliphatic rings. The molecule has 1 aromatic rings. The summed E-state index contributed by atoms with van der Waals surface area (Å²) < 4.78 is 0. The van der Waals surface area contributed by atoms with E-state index in [1.54, 1.807) is 12.3 Å². The Morgan fingerprint density at radius 3 is 3.06 bits per heavy atom. The second kappa shape index (κ2) is 4.58. The van der Waals surface area contributed by atoms with E-state index in [2.05, 4.69) is 21.8 Å². The maximum absolute atomic E-state index is 10.9. The number of amides is 1. The van der Waals surface area contributed by atoms with Crippen LogP contribution in [-0.2, 0) is 16.1 Å². The van der Waals surface area contributed by atoms with E-state index in [9.17, 15) is 9.59 Å². The highest BCUT2D eigenvalue weighted by atomic mass is 16.1. The summed E-state index contributed by atoms with van der Waals surface area (Å²) in [5, 5.41) is 0. The predicted octanol–water partition coefficient (Wildman–Crippen LogP) is -0.215. The smallest absolute Gasteiger partial charge is 0.293 e. The lowest BCUT2D eigenvalue weighted by molar-refractivity contribution is -0.112. The lowest BCUT2D eigenvalue weighted by Crippen LogP contribution is -2.08. The van der Waals surface area contributed by atoms with Crippen molar-refractivity contribution in [3.05, 3.63) is 29.1 Å². The fraction of sp³-hybridized carbons (Fsp3) is 0.167. The maximum Gasteiger partial charge on any atom is 0.293 e. The summed E-state index contributed by atoms with van der Waals surface area (Å²) >= 11 is 0. The van der Waals surface area contributed by atoms with E-state index in [0.29, 0.717) is 18.5 Å². The highest BCUT2D eigenvalue weighted by molar-refractivity contribution is 5.92. The van der Waals surface area contributed by atoms with E-state index in [1.165, 1.54) is 0 Å². The number of carbonyl (C=O) groups is 2. The molecule has 2 N–H and O–H groups in total. The number of nitrogens with two attached hydrogens (primary N) is 1. The molecular formula is C12H9N3O2. The summed E-state index contributed by atoms with van der Waals surface area (Å²) in [7, 11) is 0. The molecule has 5 nitrogen and oxygen atoms in total. The molecule has 0 bridgehead atoms. The molecule has 1 aliphatic heterocycles. The molecule has 17 heavy (non-hydrogen) atoms. The van der Waals surface area contributed by atoms with Gasteiger partial charge in [0.05, 0.1) is 17.9 Å². The zero-order valence-electron chi connectivity index (χ0n) is 8.88. The highest BCUT2D eigenvalue weighted by Gasteiger charge is 2.13. The number of hydrogen-bond donors (Lipinski definition) is 1. The number of rotatable bonds is 2. The van der Waals surface area contributed by atoms with Crippen molar-refractivity contribution in [1.82, 2.24) is 4.98 Å². The maximum atomic E-state index is 10.9. The minimum atomic E-state index is -0.764. The largest absolute Gasteiger partial charge is 0.359 e. The number of hydrogen-bond acceptors (Lipinski definition) is 4. The van der Waals surface area contributed by atoms with Crippen molar-refractivity contribution in [2.24, 2.45) is 10.7 Å². The number of carbonyl (C=O) groups excluding carboxylic acids is 2. The normalized spacial score (nSPS) is 13.4. The molecule has 1 amide bonds. The lowest BCUT2D eigenvalue weighted by Gasteiger charge is -2.04. The van der Waals surface area contributed by atoms with Crippen LogP contribution in [0.1, 0.15) is 22.9 Å². The van der Waals surface area contributed by atoms with Gasteiger partial charge in [0.25, 0.3) is 5.91 Å². The van der Waals surface area contributed by atoms with Crippen LogP contribution in [0.25, 0.3) is 0 Å². The molecule has 84 valence electrons. The Labute approximate surface area is 97.8 Å². The second-order valence-electron chi connectivity index (χ2n) is 3.50. The minimum absolute atomic E-state index is 0.501. The molecule has 0 fully saturated rings. The Morgan fingerprint density at radius 1 is 1.53 bits per heavy atom. The molecule has 0 saturated carbocycles. The van der Waals surface area contributed by atoms with Crippen molar-refractivity contribution in [2.45, 2.75) is 12.5 Å². The van der Waals surface area contributed by atoms with Crippen LogP contribution < -0.4 is 5.73 Å². The number of aliphatic imine (C=N–C) groups is 1. The number of pyridine rings is 1. The summed E-state index contributed by atoms with van der Waals surface area (Å²) in [6.45, 7) is 0.612. The van der Waals surface area contributed by atoms with Crippen LogP contribution >= 0.6 is 0 Å². The number of aldehydes is 1. The molecule has 2 heterocycles. The topological polar surface area (TPSA) is 85.4 Å². The zero-order valence-corrected chi connectivity index (χ0v) is 8.88. The van der Waals surface area contributed by atoms with E-state index in [1.807, 2.05) is 6.07 Å². The standard InChI is InChI=1S/C12H9N3O2/c13-12(17)4-2-9(7-16)10-3-1-8-5-14-6-11(8)15-10/h1,3,6-7,9H,5H2,(H2,13,17). The van der Waals surface area contributed by atoms with Crippen LogP contribution in [0.15, 0.2) is 17.1 Å². The first-order valence-electron chi connectivity index (χ1n) is 4.96. The van der Waals surface area contributed by atoms with E-state index >= 15 is 0 Å². The van der Waals surface area contributed by atoms with Crippen LogP contribution in [0.4, 0.5) is 0 Å². The zero-order chi connectivity index (χ0) is 12.3. The summed E-state index contributed by atoms with van der Waals surface area (Å²) in [4.78, 5) is 29.8. The first kappa shape index (κ1) is 11.0. The Hall–Kier alpha value is -2.48. The Kier molecular flexibility index (Phi) is 2.97. The average molecular weight is 227 g/mol. The van der Waals surface area contributed by atoms with Gasteiger partial charge < -0.3 is 10.5 Å². The van der Waals surface area contributed by atoms with Crippen LogP contribution in [-0.4, -0.2) is 23.4 Å². The third-order valence-electron chi connectivity index (χ3n) is 2.31. The number of primary amides is 1. The summed E-state index contributed by atoms with van der Waals surface area (Å²) in [6.07, 6.45) is 2.29. The van der Waals surface area contributed by atoms with Gasteiger partial charge in [0.2, 0.25) is 0 Å². The van der Waals surface area contributed by atoms with Gasteiger partial charge in [-0.2, -0.15) is 0 Å². The Morgan fingerprint density at radius 2 is 2.35 bits per heavy atom. The third-order valence-corrected chi connectivity index (χ3v) is 2.31. The van der Waals surface area contributed by atoms with Crippen LogP contribution in [0.5, 0.6) is 0 Å². The first-order valence-corrected chi connectivity index (χ1v) is 4.96. The SMILES string of the molecule is NC(=O)C#CC(C=O)c1ccc2c(n1)C=NC2. The molecule has 2 rings (SSSR count). The van der Waals surface area contributed by atoms with E-state index in [-0.39, 0.29) is 0 Å². The van der Waals surface area contributed by atoms with Gasteiger partial charge in [0.1, 0.15) is 12.2 Å². The van der Waals surface area contributed by atoms with Gasteiger partial charge in [0, 0.05) is 11.8 Å². The highest BCUT2D eigenvalue weighted by Crippen LogP contribution is 2.16. The second-order valence-corrected chi connectivity index (χ2v) is 3.50. The quantitative estimate of drug-likeness (QED) is 0.560. The minimum Gasteiger partial charge on any atom is -0.359 e. The molecule has 0 saturated heterocycles. The van der Waals surface area contributed by atoms with E-state index in [4.69, 9.17) is 5.73 Å². The molecule has 1 aromatic heterocycles. The summed E-state index contributed by atoms with van der Waals surface area (Å²) in [6, 6.07) is 3.56. The van der Waals surface area contributed by atoms with Crippen molar-refractivity contribution in [3.63, 3.8) is 0 Å². The van der Waals surface area contributed by atoms with Gasteiger partial charge >= 0.3 is 0 Å². The fourth-order valence-electron chi connectivity index (χ4n) is 1.50. The van der Waals surface area contributed by atoms with Gasteiger partial charge in [-0.3, -0.25) is 9.79 Å². The van der Waals surface area contributed by atoms with E-state index < -0.39 is 11.8 Å². The molecular weight excluding hydrogens is 218 g/mol. The van der Waals surface area contributed by atoms with Gasteiger partial charge in [-0.25, -0.2) is 4.98 Å². The number of aromatic nitrogens is 1. The average Bonchev–Trinajstić information content (AvgIpc) is 2.76. The number of nitrogens with zero attached hydrogens (tertiary/aromatic N) is 2. The van der Waals surface area contributed by atoms with Crippen molar-refractivity contribution in [3.8, 4) is 11.8 Å². The first-order chi connectivity index (χ1) is 8.20. The summed E-state index contributed by atoms with van der Waals surface area (Å²) in [5.74, 6) is 3.12. The Balaban J connectivity index is 2.32. The van der Waals surface area contributed by atoms with Gasteiger partial charge in [-0.1, -0.05) is 12.0 Å². The Bertz CT molecular complexity index is 567. The third kappa shape index (κ3) is 2.37. The lowest BCUT2D eigenvalue weighted by atomic mass is 10.1. The molecule has 0 aromatic carbocycles. The molecule has 0 aliphatic carbocycles. The molecule has 0 radical (unpaired) electrons. The van der Waals surface area contributed by atoms with Crippen molar-refractivity contribution in [2.75, 3.05) is 0 Å². The van der Waals surface area contributed by atoms with Gasteiger partial charge in [0.15, 0.2) is 0 Å². The van der Waals surface area contributed by atoms with E-state index in [0.717, 1.165) is 11.3 Å². The monoisotopic (exact) mass is 227 g/mol. The van der Waals surface area contributed by atoms with Gasteiger partial charge in [-0.05, 0) is 12.0 Å². The summed E-state index contributed by atoms with van der Waals surface area (Å²) in [5.41, 5.74) is 7.16. The molecule has 5 heteroatoms.